The zero-order valence-corrected chi connectivity index (χ0v) is 14.8. The summed E-state index contributed by atoms with van der Waals surface area (Å²) < 4.78 is 10.5. The highest BCUT2D eigenvalue weighted by Crippen LogP contribution is 2.28. The van der Waals surface area contributed by atoms with Crippen LogP contribution in [0.25, 0.3) is 0 Å². The van der Waals surface area contributed by atoms with E-state index in [4.69, 9.17) is 9.47 Å². The van der Waals surface area contributed by atoms with Crippen molar-refractivity contribution in [2.75, 3.05) is 40.4 Å². The first kappa shape index (κ1) is 17.3. The number of hydrogen-bond donors (Lipinski definition) is 0. The second-order valence-corrected chi connectivity index (χ2v) is 6.12. The van der Waals surface area contributed by atoms with Gasteiger partial charge in [0.25, 0.3) is 5.91 Å². The normalized spacial score (nSPS) is 15.0. The summed E-state index contributed by atoms with van der Waals surface area (Å²) in [5.74, 6) is 1.25. The molecule has 1 aliphatic rings. The van der Waals surface area contributed by atoms with Gasteiger partial charge in [-0.3, -0.25) is 9.69 Å². The molecule has 0 aliphatic carbocycles. The Bertz CT molecular complexity index is 710. The van der Waals surface area contributed by atoms with Gasteiger partial charge < -0.3 is 14.4 Å². The van der Waals surface area contributed by atoms with E-state index in [-0.39, 0.29) is 5.91 Å². The van der Waals surface area contributed by atoms with E-state index >= 15 is 0 Å². The number of hydrogen-bond acceptors (Lipinski definition) is 4. The van der Waals surface area contributed by atoms with E-state index in [0.717, 1.165) is 32.7 Å². The number of ether oxygens (including phenoxy) is 2. The van der Waals surface area contributed by atoms with Crippen molar-refractivity contribution in [3.05, 3.63) is 59.7 Å². The monoisotopic (exact) mass is 340 g/mol. The molecule has 1 heterocycles. The fourth-order valence-corrected chi connectivity index (χ4v) is 3.10. The molecule has 1 fully saturated rings. The van der Waals surface area contributed by atoms with Crippen molar-refractivity contribution < 1.29 is 14.3 Å². The van der Waals surface area contributed by atoms with E-state index in [1.54, 1.807) is 32.4 Å². The molecule has 0 N–H and O–H groups in total. The molecule has 1 aliphatic heterocycles. The van der Waals surface area contributed by atoms with Gasteiger partial charge in [0.15, 0.2) is 11.5 Å². The molecule has 2 aromatic carbocycles. The van der Waals surface area contributed by atoms with E-state index in [0.29, 0.717) is 17.1 Å². The van der Waals surface area contributed by atoms with E-state index in [1.165, 1.54) is 5.56 Å². The van der Waals surface area contributed by atoms with Gasteiger partial charge in [-0.1, -0.05) is 30.3 Å². The van der Waals surface area contributed by atoms with Crippen molar-refractivity contribution >= 4 is 5.91 Å². The molecule has 1 saturated heterocycles. The predicted molar refractivity (Wildman–Crippen MR) is 97.2 cm³/mol. The molecular formula is C20H24N2O3. The fraction of sp³-hybridized carbons (Fsp3) is 0.350. The average Bonchev–Trinajstić information content (AvgIpc) is 2.68. The van der Waals surface area contributed by atoms with Crippen LogP contribution in [0.4, 0.5) is 0 Å². The summed E-state index contributed by atoms with van der Waals surface area (Å²) in [7, 11) is 3.17. The molecule has 2 aromatic rings. The largest absolute Gasteiger partial charge is 0.493 e. The van der Waals surface area contributed by atoms with Crippen LogP contribution < -0.4 is 9.47 Å². The first-order valence-corrected chi connectivity index (χ1v) is 8.49. The van der Waals surface area contributed by atoms with Crippen molar-refractivity contribution in [2.24, 2.45) is 0 Å². The molecular weight excluding hydrogens is 316 g/mol. The molecule has 0 spiro atoms. The molecule has 5 nitrogen and oxygen atoms in total. The number of benzene rings is 2. The van der Waals surface area contributed by atoms with Crippen LogP contribution in [0.1, 0.15) is 15.9 Å². The lowest BCUT2D eigenvalue weighted by molar-refractivity contribution is 0.0628. The maximum atomic E-state index is 12.7. The van der Waals surface area contributed by atoms with E-state index in [9.17, 15) is 4.79 Å². The SMILES string of the molecule is COc1ccc(C(=O)N2CCN(Cc3ccccc3)CC2)cc1OC. The van der Waals surface area contributed by atoms with Crippen LogP contribution in [0, 0.1) is 0 Å². The third kappa shape index (κ3) is 4.12. The summed E-state index contributed by atoms with van der Waals surface area (Å²) in [5, 5.41) is 0. The number of carbonyl (C=O) groups is 1. The zero-order chi connectivity index (χ0) is 17.6. The highest BCUT2D eigenvalue weighted by molar-refractivity contribution is 5.95. The summed E-state index contributed by atoms with van der Waals surface area (Å²) in [5.41, 5.74) is 1.94. The number of rotatable bonds is 5. The molecule has 5 heteroatoms. The topological polar surface area (TPSA) is 42.0 Å². The first-order valence-electron chi connectivity index (χ1n) is 8.49. The van der Waals surface area contributed by atoms with Crippen molar-refractivity contribution in [2.45, 2.75) is 6.54 Å². The quantitative estimate of drug-likeness (QED) is 0.839. The Hall–Kier alpha value is -2.53. The van der Waals surface area contributed by atoms with Crippen LogP contribution in [0.3, 0.4) is 0 Å². The molecule has 3 rings (SSSR count). The zero-order valence-electron chi connectivity index (χ0n) is 14.8. The number of carbonyl (C=O) groups excluding carboxylic acids is 1. The third-order valence-electron chi connectivity index (χ3n) is 4.54. The van der Waals surface area contributed by atoms with Crippen molar-refractivity contribution in [1.82, 2.24) is 9.80 Å². The van der Waals surface area contributed by atoms with E-state index < -0.39 is 0 Å². The Labute approximate surface area is 148 Å². The summed E-state index contributed by atoms with van der Waals surface area (Å²) in [6.07, 6.45) is 0. The highest BCUT2D eigenvalue weighted by atomic mass is 16.5. The summed E-state index contributed by atoms with van der Waals surface area (Å²) in [6, 6.07) is 15.7. The minimum absolute atomic E-state index is 0.0420. The van der Waals surface area contributed by atoms with Gasteiger partial charge in [0.2, 0.25) is 0 Å². The van der Waals surface area contributed by atoms with Gasteiger partial charge in [0.05, 0.1) is 14.2 Å². The minimum Gasteiger partial charge on any atom is -0.493 e. The number of methoxy groups -OCH3 is 2. The van der Waals surface area contributed by atoms with Gasteiger partial charge in [0, 0.05) is 38.3 Å². The third-order valence-corrected chi connectivity index (χ3v) is 4.54. The second-order valence-electron chi connectivity index (χ2n) is 6.12. The summed E-state index contributed by atoms with van der Waals surface area (Å²) in [4.78, 5) is 17.0. The highest BCUT2D eigenvalue weighted by Gasteiger charge is 2.23. The van der Waals surface area contributed by atoms with Crippen molar-refractivity contribution in [1.29, 1.82) is 0 Å². The number of piperazine rings is 1. The van der Waals surface area contributed by atoms with Crippen LogP contribution in [-0.4, -0.2) is 56.1 Å². The summed E-state index contributed by atoms with van der Waals surface area (Å²) in [6.45, 7) is 4.17. The Morgan fingerprint density at radius 2 is 1.60 bits per heavy atom. The van der Waals surface area contributed by atoms with Gasteiger partial charge >= 0.3 is 0 Å². The molecule has 0 bridgehead atoms. The Kier molecular flexibility index (Phi) is 5.56. The molecule has 0 radical (unpaired) electrons. The Balaban J connectivity index is 1.60. The van der Waals surface area contributed by atoms with Crippen molar-refractivity contribution in [3.8, 4) is 11.5 Å². The van der Waals surface area contributed by atoms with E-state index in [1.807, 2.05) is 11.0 Å². The Morgan fingerprint density at radius 3 is 2.24 bits per heavy atom. The van der Waals surface area contributed by atoms with Gasteiger partial charge in [0.1, 0.15) is 0 Å². The molecule has 25 heavy (non-hydrogen) atoms. The molecule has 0 aromatic heterocycles. The van der Waals surface area contributed by atoms with Crippen LogP contribution in [-0.2, 0) is 6.54 Å². The number of amides is 1. The smallest absolute Gasteiger partial charge is 0.254 e. The van der Waals surface area contributed by atoms with Gasteiger partial charge in [-0.25, -0.2) is 0 Å². The average molecular weight is 340 g/mol. The fourth-order valence-electron chi connectivity index (χ4n) is 3.10. The lowest BCUT2D eigenvalue weighted by Crippen LogP contribution is -2.48. The van der Waals surface area contributed by atoms with E-state index in [2.05, 4.69) is 29.2 Å². The summed E-state index contributed by atoms with van der Waals surface area (Å²) >= 11 is 0. The lowest BCUT2D eigenvalue weighted by Gasteiger charge is -2.34. The van der Waals surface area contributed by atoms with Crippen LogP contribution in [0.15, 0.2) is 48.5 Å². The molecule has 0 atom stereocenters. The lowest BCUT2D eigenvalue weighted by atomic mass is 10.1. The molecule has 0 unspecified atom stereocenters. The van der Waals surface area contributed by atoms with Crippen LogP contribution >= 0.6 is 0 Å². The van der Waals surface area contributed by atoms with Crippen LogP contribution in [0.2, 0.25) is 0 Å². The first-order chi connectivity index (χ1) is 12.2. The van der Waals surface area contributed by atoms with Gasteiger partial charge in [-0.2, -0.15) is 0 Å². The predicted octanol–water partition coefficient (Wildman–Crippen LogP) is 2.66. The molecule has 0 saturated carbocycles. The number of nitrogens with zero attached hydrogens (tertiary/aromatic N) is 2. The Morgan fingerprint density at radius 1 is 0.920 bits per heavy atom. The van der Waals surface area contributed by atoms with Gasteiger partial charge in [-0.05, 0) is 23.8 Å². The van der Waals surface area contributed by atoms with Crippen LogP contribution in [0.5, 0.6) is 11.5 Å². The second kappa shape index (κ2) is 8.03. The standard InChI is InChI=1S/C20H24N2O3/c1-24-18-9-8-17(14-19(18)25-2)20(23)22-12-10-21(11-13-22)15-16-6-4-3-5-7-16/h3-9,14H,10-13,15H2,1-2H3. The maximum Gasteiger partial charge on any atom is 0.254 e. The van der Waals surface area contributed by atoms with Gasteiger partial charge in [-0.15, -0.1) is 0 Å². The maximum absolute atomic E-state index is 12.7. The minimum atomic E-state index is 0.0420. The molecule has 1 amide bonds. The molecule has 132 valence electrons. The van der Waals surface area contributed by atoms with Crippen molar-refractivity contribution in [3.63, 3.8) is 0 Å².